The number of hydrogen-bond donors (Lipinski definition) is 0. The molecule has 3 aliphatic rings. The maximum atomic E-state index is 12.6. The molecule has 22 heavy (non-hydrogen) atoms. The van der Waals surface area contributed by atoms with Crippen LogP contribution in [0.5, 0.6) is 0 Å². The highest BCUT2D eigenvalue weighted by atomic mass is 16.1. The number of likely N-dealkylation sites (tertiary alicyclic amines) is 1. The minimum atomic E-state index is 0.173. The van der Waals surface area contributed by atoms with Crippen LogP contribution in [0.3, 0.4) is 0 Å². The van der Waals surface area contributed by atoms with Gasteiger partial charge < -0.3 is 9.80 Å². The molecule has 0 unspecified atom stereocenters. The lowest BCUT2D eigenvalue weighted by Crippen LogP contribution is -2.52. The van der Waals surface area contributed by atoms with E-state index in [1.54, 1.807) is 0 Å². The number of likely N-dealkylation sites (N-methyl/N-ethyl adjacent to an activating group) is 1. The molecule has 5 rings (SSSR count). The Kier molecular flexibility index (Phi) is 2.37. The molecular weight excluding hydrogens is 272 g/mol. The van der Waals surface area contributed by atoms with Gasteiger partial charge in [-0.2, -0.15) is 0 Å². The van der Waals surface area contributed by atoms with E-state index in [0.717, 1.165) is 41.3 Å². The molecule has 2 aliphatic heterocycles. The fourth-order valence-corrected chi connectivity index (χ4v) is 4.32. The Hall–Kier alpha value is -2.13. The van der Waals surface area contributed by atoms with E-state index in [4.69, 9.17) is 0 Å². The Morgan fingerprint density at radius 1 is 0.909 bits per heavy atom. The van der Waals surface area contributed by atoms with E-state index in [1.165, 1.54) is 12.2 Å². The average Bonchev–Trinajstić information content (AvgIpc) is 3.04. The van der Waals surface area contributed by atoms with Crippen molar-refractivity contribution in [3.63, 3.8) is 0 Å². The van der Waals surface area contributed by atoms with Crippen molar-refractivity contribution in [2.24, 2.45) is 5.92 Å². The molecule has 2 aromatic carbocycles. The van der Waals surface area contributed by atoms with Crippen molar-refractivity contribution in [3.8, 4) is 11.1 Å². The highest BCUT2D eigenvalue weighted by Crippen LogP contribution is 2.40. The number of ketones is 1. The normalized spacial score (nSPS) is 25.7. The quantitative estimate of drug-likeness (QED) is 0.688. The summed E-state index contributed by atoms with van der Waals surface area (Å²) in [5.74, 6) is 0.970. The molecule has 0 bridgehead atoms. The first kappa shape index (κ1) is 12.4. The zero-order chi connectivity index (χ0) is 14.8. The number of carbonyl (C=O) groups is 1. The van der Waals surface area contributed by atoms with Gasteiger partial charge in [0.05, 0.1) is 0 Å². The number of rotatable bonds is 1. The second-order valence-electron chi connectivity index (χ2n) is 6.78. The van der Waals surface area contributed by atoms with Crippen LogP contribution in [0, 0.1) is 5.92 Å². The number of carbonyl (C=O) groups excluding carboxylic acids is 1. The third-order valence-corrected chi connectivity index (χ3v) is 5.57. The maximum absolute atomic E-state index is 12.6. The highest BCUT2D eigenvalue weighted by molar-refractivity contribution is 6.22. The lowest BCUT2D eigenvalue weighted by molar-refractivity contribution is 0.0827. The standard InChI is InChI=1S/C19H18N2O/c1-20-9-12-10-21(11-18(12)20)13-6-7-15-14-4-2-3-5-16(14)19(22)17(15)8-13/h2-8,12,18H,9-11H2,1H3/t12-,18-/m0/s1. The monoisotopic (exact) mass is 290 g/mol. The first-order valence-electron chi connectivity index (χ1n) is 7.96. The third-order valence-electron chi connectivity index (χ3n) is 5.57. The Balaban J connectivity index is 1.53. The fraction of sp³-hybridized carbons (Fsp3) is 0.316. The van der Waals surface area contributed by atoms with Crippen molar-refractivity contribution in [2.45, 2.75) is 6.04 Å². The molecule has 110 valence electrons. The maximum Gasteiger partial charge on any atom is 0.194 e. The predicted molar refractivity (Wildman–Crippen MR) is 87.4 cm³/mol. The molecule has 1 aliphatic carbocycles. The van der Waals surface area contributed by atoms with E-state index in [2.05, 4.69) is 35.0 Å². The minimum Gasteiger partial charge on any atom is -0.370 e. The molecule has 2 heterocycles. The summed E-state index contributed by atoms with van der Waals surface area (Å²) in [7, 11) is 2.20. The van der Waals surface area contributed by atoms with E-state index in [1.807, 2.05) is 24.3 Å². The fourth-order valence-electron chi connectivity index (χ4n) is 4.32. The van der Waals surface area contributed by atoms with Gasteiger partial charge in [-0.1, -0.05) is 30.3 Å². The molecule has 0 aromatic heterocycles. The summed E-state index contributed by atoms with van der Waals surface area (Å²) in [5.41, 5.74) is 5.07. The molecule has 0 radical (unpaired) electrons. The average molecular weight is 290 g/mol. The highest BCUT2D eigenvalue weighted by Gasteiger charge is 2.43. The largest absolute Gasteiger partial charge is 0.370 e. The second kappa shape index (κ2) is 4.20. The van der Waals surface area contributed by atoms with Crippen molar-refractivity contribution < 1.29 is 4.79 Å². The Morgan fingerprint density at radius 2 is 1.68 bits per heavy atom. The van der Waals surface area contributed by atoms with Crippen LogP contribution >= 0.6 is 0 Å². The van der Waals surface area contributed by atoms with Gasteiger partial charge in [0, 0.05) is 48.4 Å². The van der Waals surface area contributed by atoms with Gasteiger partial charge in [0.2, 0.25) is 0 Å². The van der Waals surface area contributed by atoms with Crippen LogP contribution in [-0.2, 0) is 0 Å². The van der Waals surface area contributed by atoms with Crippen LogP contribution in [0.1, 0.15) is 15.9 Å². The molecule has 0 spiro atoms. The van der Waals surface area contributed by atoms with Crippen molar-refractivity contribution >= 4 is 11.5 Å². The zero-order valence-corrected chi connectivity index (χ0v) is 12.6. The van der Waals surface area contributed by atoms with E-state index in [9.17, 15) is 4.79 Å². The van der Waals surface area contributed by atoms with Crippen molar-refractivity contribution in [1.82, 2.24) is 4.90 Å². The molecule has 0 saturated carbocycles. The number of fused-ring (bicyclic) bond motifs is 4. The molecule has 3 nitrogen and oxygen atoms in total. The summed E-state index contributed by atoms with van der Waals surface area (Å²) < 4.78 is 0. The SMILES string of the molecule is CN1C[C@H]2CN(c3ccc4c(c3)C(=O)c3ccccc3-4)C[C@@H]21. The van der Waals surface area contributed by atoms with Crippen LogP contribution in [-0.4, -0.2) is 43.4 Å². The van der Waals surface area contributed by atoms with E-state index < -0.39 is 0 Å². The molecule has 3 heteroatoms. The molecule has 2 aromatic rings. The molecule has 0 amide bonds. The summed E-state index contributed by atoms with van der Waals surface area (Å²) in [6.45, 7) is 3.41. The summed E-state index contributed by atoms with van der Waals surface area (Å²) in [6, 6.07) is 15.0. The van der Waals surface area contributed by atoms with Gasteiger partial charge in [-0.3, -0.25) is 4.79 Å². The number of nitrogens with zero attached hydrogens (tertiary/aromatic N) is 2. The van der Waals surface area contributed by atoms with Gasteiger partial charge in [0.1, 0.15) is 0 Å². The minimum absolute atomic E-state index is 0.173. The summed E-state index contributed by atoms with van der Waals surface area (Å²) in [5, 5.41) is 0. The van der Waals surface area contributed by atoms with Gasteiger partial charge in [-0.25, -0.2) is 0 Å². The Labute approximate surface area is 130 Å². The number of hydrogen-bond acceptors (Lipinski definition) is 3. The topological polar surface area (TPSA) is 23.6 Å². The van der Waals surface area contributed by atoms with Gasteiger partial charge >= 0.3 is 0 Å². The molecule has 2 saturated heterocycles. The first-order valence-corrected chi connectivity index (χ1v) is 7.96. The molecule has 2 atom stereocenters. The molecule has 0 N–H and O–H groups in total. The second-order valence-corrected chi connectivity index (χ2v) is 6.78. The Bertz CT molecular complexity index is 798. The van der Waals surface area contributed by atoms with Gasteiger partial charge in [0.25, 0.3) is 0 Å². The van der Waals surface area contributed by atoms with Crippen LogP contribution in [0.2, 0.25) is 0 Å². The lowest BCUT2D eigenvalue weighted by atomic mass is 9.93. The number of anilines is 1. The van der Waals surface area contributed by atoms with Crippen LogP contribution < -0.4 is 4.90 Å². The van der Waals surface area contributed by atoms with E-state index in [-0.39, 0.29) is 5.78 Å². The summed E-state index contributed by atoms with van der Waals surface area (Å²) in [4.78, 5) is 17.5. The smallest absolute Gasteiger partial charge is 0.194 e. The first-order chi connectivity index (χ1) is 10.7. The summed E-state index contributed by atoms with van der Waals surface area (Å²) >= 11 is 0. The van der Waals surface area contributed by atoms with Gasteiger partial charge in [-0.15, -0.1) is 0 Å². The van der Waals surface area contributed by atoms with Crippen LogP contribution in [0.4, 0.5) is 5.69 Å². The van der Waals surface area contributed by atoms with E-state index in [0.29, 0.717) is 6.04 Å². The lowest BCUT2D eigenvalue weighted by Gasteiger charge is -2.40. The van der Waals surface area contributed by atoms with Gasteiger partial charge in [-0.05, 0) is 30.3 Å². The zero-order valence-electron chi connectivity index (χ0n) is 12.6. The Morgan fingerprint density at radius 3 is 2.45 bits per heavy atom. The van der Waals surface area contributed by atoms with E-state index >= 15 is 0 Å². The summed E-state index contributed by atoms with van der Waals surface area (Å²) in [6.07, 6.45) is 0. The molecule has 2 fully saturated rings. The van der Waals surface area contributed by atoms with Crippen molar-refractivity contribution in [3.05, 3.63) is 53.6 Å². The van der Waals surface area contributed by atoms with Crippen LogP contribution in [0.25, 0.3) is 11.1 Å². The number of benzene rings is 2. The van der Waals surface area contributed by atoms with Crippen LogP contribution in [0.15, 0.2) is 42.5 Å². The predicted octanol–water partition coefficient (Wildman–Crippen LogP) is 2.65. The molecular formula is C19H18N2O. The van der Waals surface area contributed by atoms with Crippen molar-refractivity contribution in [2.75, 3.05) is 31.6 Å². The van der Waals surface area contributed by atoms with Gasteiger partial charge in [0.15, 0.2) is 5.78 Å². The third kappa shape index (κ3) is 1.52. The van der Waals surface area contributed by atoms with Crippen molar-refractivity contribution in [1.29, 1.82) is 0 Å².